The normalized spacial score (nSPS) is 12.6. The quantitative estimate of drug-likeness (QED) is 0.201. The first-order valence-electron chi connectivity index (χ1n) is 11.2. The topological polar surface area (TPSA) is 106 Å². The van der Waals surface area contributed by atoms with E-state index in [1.165, 1.54) is 18.4 Å². The third-order valence-corrected chi connectivity index (χ3v) is 7.12. The number of rotatable bonds is 7. The lowest BCUT2D eigenvalue weighted by Gasteiger charge is -2.08. The van der Waals surface area contributed by atoms with E-state index < -0.39 is 17.8 Å². The van der Waals surface area contributed by atoms with Crippen molar-refractivity contribution in [3.63, 3.8) is 0 Å². The van der Waals surface area contributed by atoms with Gasteiger partial charge in [0.05, 0.1) is 18.4 Å². The van der Waals surface area contributed by atoms with Crippen molar-refractivity contribution in [1.29, 1.82) is 0 Å². The van der Waals surface area contributed by atoms with Gasteiger partial charge in [0.2, 0.25) is 0 Å². The number of halogens is 1. The van der Waals surface area contributed by atoms with Gasteiger partial charge in [-0.05, 0) is 79.3 Å². The predicted octanol–water partition coefficient (Wildman–Crippen LogP) is 4.73. The van der Waals surface area contributed by atoms with E-state index in [0.717, 1.165) is 40.8 Å². The van der Waals surface area contributed by atoms with Gasteiger partial charge in [-0.3, -0.25) is 9.59 Å². The van der Waals surface area contributed by atoms with E-state index in [-0.39, 0.29) is 0 Å². The summed E-state index contributed by atoms with van der Waals surface area (Å²) in [7, 11) is 1.29. The van der Waals surface area contributed by atoms with Gasteiger partial charge in [0.1, 0.15) is 17.4 Å². The highest BCUT2D eigenvalue weighted by Crippen LogP contribution is 2.39. The average Bonchev–Trinajstić information content (AvgIpc) is 3.47. The Bertz CT molecular complexity index is 1320. The first-order valence-corrected chi connectivity index (χ1v) is 12.4. The maximum absolute atomic E-state index is 12.4. The highest BCUT2D eigenvalue weighted by Gasteiger charge is 2.29. The zero-order valence-electron chi connectivity index (χ0n) is 19.7. The molecule has 0 atom stereocenters. The van der Waals surface area contributed by atoms with Crippen LogP contribution in [0.5, 0.6) is 5.75 Å². The predicted molar refractivity (Wildman–Crippen MR) is 139 cm³/mol. The molecule has 36 heavy (non-hydrogen) atoms. The van der Waals surface area contributed by atoms with Crippen molar-refractivity contribution in [3.05, 3.63) is 80.7 Å². The standard InChI is InChI=1S/C26H24ClN3O5S/c1-15(17-8-12-19(13-9-17)35-14-16-6-10-18(27)11-7-16)29-30-24(32)23(31)28-25-22(26(33)34-2)20-4-3-5-21(20)36-25/h6-13H,3-5,14H2,1-2H3,(H,28,31)(H,30,32)/b29-15+. The molecule has 2 amide bonds. The van der Waals surface area contributed by atoms with Crippen molar-refractivity contribution >= 4 is 51.4 Å². The summed E-state index contributed by atoms with van der Waals surface area (Å²) in [4.78, 5) is 38.0. The summed E-state index contributed by atoms with van der Waals surface area (Å²) in [6.45, 7) is 2.11. The summed E-state index contributed by atoms with van der Waals surface area (Å²) in [5.41, 5.74) is 5.72. The fourth-order valence-electron chi connectivity index (χ4n) is 3.76. The van der Waals surface area contributed by atoms with Gasteiger partial charge in [-0.15, -0.1) is 11.3 Å². The number of ether oxygens (including phenoxy) is 2. The highest BCUT2D eigenvalue weighted by molar-refractivity contribution is 7.17. The van der Waals surface area contributed by atoms with Gasteiger partial charge in [0, 0.05) is 9.90 Å². The number of fused-ring (bicyclic) bond motifs is 1. The number of amides is 2. The van der Waals surface area contributed by atoms with Crippen LogP contribution in [0.25, 0.3) is 0 Å². The molecule has 1 heterocycles. The molecule has 0 unspecified atom stereocenters. The fraction of sp³-hybridized carbons (Fsp3) is 0.231. The number of benzene rings is 2. The Morgan fingerprint density at radius 1 is 1.03 bits per heavy atom. The molecule has 1 aliphatic carbocycles. The summed E-state index contributed by atoms with van der Waals surface area (Å²) in [5, 5.41) is 7.55. The van der Waals surface area contributed by atoms with Crippen LogP contribution >= 0.6 is 22.9 Å². The molecular weight excluding hydrogens is 502 g/mol. The third kappa shape index (κ3) is 5.92. The van der Waals surface area contributed by atoms with Crippen LogP contribution in [0, 0.1) is 0 Å². The molecule has 0 fully saturated rings. The van der Waals surface area contributed by atoms with E-state index in [0.29, 0.717) is 33.7 Å². The molecule has 2 aromatic carbocycles. The Morgan fingerprint density at radius 3 is 2.44 bits per heavy atom. The number of esters is 1. The molecule has 8 nitrogen and oxygen atoms in total. The Balaban J connectivity index is 1.33. The second-order valence-corrected chi connectivity index (χ2v) is 9.63. The van der Waals surface area contributed by atoms with Gasteiger partial charge >= 0.3 is 17.8 Å². The lowest BCUT2D eigenvalue weighted by atomic mass is 10.1. The smallest absolute Gasteiger partial charge is 0.341 e. The Hall–Kier alpha value is -3.69. The van der Waals surface area contributed by atoms with Crippen molar-refractivity contribution in [2.75, 3.05) is 12.4 Å². The van der Waals surface area contributed by atoms with E-state index in [1.54, 1.807) is 31.2 Å². The van der Waals surface area contributed by atoms with Crippen molar-refractivity contribution < 1.29 is 23.9 Å². The first-order chi connectivity index (χ1) is 17.4. The average molecular weight is 526 g/mol. The number of hydrogen-bond donors (Lipinski definition) is 2. The lowest BCUT2D eigenvalue weighted by Crippen LogP contribution is -2.33. The molecule has 0 radical (unpaired) electrons. The molecule has 2 N–H and O–H groups in total. The number of methoxy groups -OCH3 is 1. The number of hydrogen-bond acceptors (Lipinski definition) is 7. The number of thiophene rings is 1. The maximum Gasteiger partial charge on any atom is 0.341 e. The molecule has 186 valence electrons. The van der Waals surface area contributed by atoms with Crippen LogP contribution in [0.3, 0.4) is 0 Å². The van der Waals surface area contributed by atoms with Gasteiger partial charge < -0.3 is 14.8 Å². The van der Waals surface area contributed by atoms with Gasteiger partial charge in [-0.25, -0.2) is 10.2 Å². The van der Waals surface area contributed by atoms with Crippen LogP contribution in [0.1, 0.15) is 45.3 Å². The van der Waals surface area contributed by atoms with E-state index in [2.05, 4.69) is 15.8 Å². The molecule has 0 bridgehead atoms. The number of hydrazone groups is 1. The number of nitrogens with zero attached hydrogens (tertiary/aromatic N) is 1. The minimum atomic E-state index is -0.943. The van der Waals surface area contributed by atoms with Crippen molar-refractivity contribution in [1.82, 2.24) is 5.43 Å². The summed E-state index contributed by atoms with van der Waals surface area (Å²) < 4.78 is 10.6. The molecule has 0 saturated carbocycles. The number of carbonyl (C=O) groups is 3. The molecule has 0 saturated heterocycles. The summed E-state index contributed by atoms with van der Waals surface area (Å²) in [5.74, 6) is -1.71. The summed E-state index contributed by atoms with van der Waals surface area (Å²) in [6, 6.07) is 14.6. The molecule has 0 aliphatic heterocycles. The van der Waals surface area contributed by atoms with Crippen molar-refractivity contribution in [2.24, 2.45) is 5.10 Å². The van der Waals surface area contributed by atoms with Crippen LogP contribution in [0.15, 0.2) is 53.6 Å². The summed E-state index contributed by atoms with van der Waals surface area (Å²) >= 11 is 7.19. The molecule has 0 spiro atoms. The SMILES string of the molecule is COC(=O)c1c(NC(=O)C(=O)N/N=C(\C)c2ccc(OCc3ccc(Cl)cc3)cc2)sc2c1CCC2. The Labute approximate surface area is 217 Å². The zero-order valence-corrected chi connectivity index (χ0v) is 21.3. The number of nitrogens with one attached hydrogen (secondary N) is 2. The van der Waals surface area contributed by atoms with Gasteiger partial charge in [0.25, 0.3) is 0 Å². The monoisotopic (exact) mass is 525 g/mol. The number of carbonyl (C=O) groups excluding carboxylic acids is 3. The first kappa shape index (κ1) is 25.4. The van der Waals surface area contributed by atoms with Crippen LogP contribution in [-0.4, -0.2) is 30.6 Å². The van der Waals surface area contributed by atoms with Crippen molar-refractivity contribution in [3.8, 4) is 5.75 Å². The van der Waals surface area contributed by atoms with Gasteiger partial charge in [0.15, 0.2) is 0 Å². The van der Waals surface area contributed by atoms with Crippen LogP contribution < -0.4 is 15.5 Å². The van der Waals surface area contributed by atoms with E-state index in [4.69, 9.17) is 21.1 Å². The largest absolute Gasteiger partial charge is 0.489 e. The van der Waals surface area contributed by atoms with E-state index in [1.807, 2.05) is 24.3 Å². The highest BCUT2D eigenvalue weighted by atomic mass is 35.5. The minimum Gasteiger partial charge on any atom is -0.489 e. The molecule has 4 rings (SSSR count). The number of aryl methyl sites for hydroxylation is 1. The van der Waals surface area contributed by atoms with Crippen molar-refractivity contribution in [2.45, 2.75) is 32.8 Å². The number of anilines is 1. The van der Waals surface area contributed by atoms with Crippen LogP contribution in [0.2, 0.25) is 5.02 Å². The second-order valence-electron chi connectivity index (χ2n) is 8.08. The van der Waals surface area contributed by atoms with E-state index >= 15 is 0 Å². The minimum absolute atomic E-state index is 0.321. The molecule has 1 aliphatic rings. The lowest BCUT2D eigenvalue weighted by molar-refractivity contribution is -0.136. The molecule has 10 heteroatoms. The summed E-state index contributed by atoms with van der Waals surface area (Å²) in [6.07, 6.45) is 2.52. The fourth-order valence-corrected chi connectivity index (χ4v) is 5.16. The molecular formula is C26H24ClN3O5S. The molecule has 3 aromatic rings. The second kappa shape index (κ2) is 11.4. The zero-order chi connectivity index (χ0) is 25.7. The third-order valence-electron chi connectivity index (χ3n) is 5.66. The Kier molecular flexibility index (Phi) is 8.02. The van der Waals surface area contributed by atoms with Crippen LogP contribution in [-0.2, 0) is 33.8 Å². The Morgan fingerprint density at radius 2 is 1.75 bits per heavy atom. The van der Waals surface area contributed by atoms with Gasteiger partial charge in [-0.2, -0.15) is 5.10 Å². The van der Waals surface area contributed by atoms with E-state index in [9.17, 15) is 14.4 Å². The molecule has 1 aromatic heterocycles. The van der Waals surface area contributed by atoms with Gasteiger partial charge in [-0.1, -0.05) is 23.7 Å². The van der Waals surface area contributed by atoms with Crippen LogP contribution in [0.4, 0.5) is 5.00 Å². The maximum atomic E-state index is 12.4.